The Morgan fingerprint density at radius 1 is 1.16 bits per heavy atom. The van der Waals surface area contributed by atoms with E-state index in [0.29, 0.717) is 18.9 Å². The molecule has 25 heavy (non-hydrogen) atoms. The number of likely N-dealkylation sites (N-methyl/N-ethyl adjacent to an activating group) is 1. The maximum Gasteiger partial charge on any atom is 0.242 e. The van der Waals surface area contributed by atoms with Crippen molar-refractivity contribution in [2.24, 2.45) is 0 Å². The third-order valence-electron chi connectivity index (χ3n) is 3.97. The van der Waals surface area contributed by atoms with Crippen LogP contribution in [0.1, 0.15) is 0 Å². The van der Waals surface area contributed by atoms with E-state index >= 15 is 0 Å². The number of carbonyl (C=O) groups is 2. The quantitative estimate of drug-likeness (QED) is 0.798. The molecular formula is C19H20N2O3S. The second-order valence-electron chi connectivity index (χ2n) is 5.71. The fourth-order valence-electron chi connectivity index (χ4n) is 2.53. The van der Waals surface area contributed by atoms with Gasteiger partial charge in [-0.1, -0.05) is 30.3 Å². The number of ether oxygens (including phenoxy) is 1. The smallest absolute Gasteiger partial charge is 0.242 e. The second kappa shape index (κ2) is 8.07. The van der Waals surface area contributed by atoms with Gasteiger partial charge in [0.15, 0.2) is 0 Å². The van der Waals surface area contributed by atoms with Gasteiger partial charge in [-0.15, -0.1) is 11.8 Å². The summed E-state index contributed by atoms with van der Waals surface area (Å²) in [6.07, 6.45) is 0. The van der Waals surface area contributed by atoms with Crippen LogP contribution < -0.4 is 9.64 Å². The summed E-state index contributed by atoms with van der Waals surface area (Å²) in [5, 5.41) is 0. The fourth-order valence-corrected chi connectivity index (χ4v) is 3.46. The largest absolute Gasteiger partial charge is 0.492 e. The van der Waals surface area contributed by atoms with E-state index in [1.807, 2.05) is 54.6 Å². The third kappa shape index (κ3) is 4.33. The van der Waals surface area contributed by atoms with Crippen LogP contribution in [0.3, 0.4) is 0 Å². The Morgan fingerprint density at radius 2 is 1.88 bits per heavy atom. The highest BCUT2D eigenvalue weighted by molar-refractivity contribution is 8.00. The lowest BCUT2D eigenvalue weighted by molar-refractivity contribution is -0.130. The van der Waals surface area contributed by atoms with E-state index in [4.69, 9.17) is 4.74 Å². The van der Waals surface area contributed by atoms with E-state index in [1.54, 1.807) is 16.8 Å². The summed E-state index contributed by atoms with van der Waals surface area (Å²) in [6.45, 7) is 0.928. The topological polar surface area (TPSA) is 49.9 Å². The Morgan fingerprint density at radius 3 is 2.68 bits per heavy atom. The lowest BCUT2D eigenvalue weighted by atomic mass is 10.2. The second-order valence-corrected chi connectivity index (χ2v) is 6.73. The molecule has 0 N–H and O–H groups in total. The summed E-state index contributed by atoms with van der Waals surface area (Å²) in [5.41, 5.74) is 0.811. The molecule has 0 saturated heterocycles. The maximum atomic E-state index is 12.5. The molecule has 5 nitrogen and oxygen atoms in total. The van der Waals surface area contributed by atoms with Gasteiger partial charge in [-0.05, 0) is 24.3 Å². The molecule has 1 heterocycles. The van der Waals surface area contributed by atoms with Gasteiger partial charge in [0.25, 0.3) is 0 Å². The first-order valence-electron chi connectivity index (χ1n) is 8.09. The number of benzene rings is 2. The highest BCUT2D eigenvalue weighted by Gasteiger charge is 2.27. The Labute approximate surface area is 151 Å². The number of hydrogen-bond acceptors (Lipinski definition) is 4. The molecule has 3 rings (SSSR count). The molecule has 0 unspecified atom stereocenters. The summed E-state index contributed by atoms with van der Waals surface area (Å²) in [5.74, 6) is 1.00. The number of para-hydroxylation sites is 2. The standard InChI is InChI=1S/C19H20N2O3S/c1-20(11-12-24-15-7-3-2-4-8-15)18(22)13-21-16-9-5-6-10-17(16)25-14-19(21)23/h2-10H,11-14H2,1H3. The molecule has 0 radical (unpaired) electrons. The van der Waals surface area contributed by atoms with E-state index in [2.05, 4.69) is 0 Å². The summed E-state index contributed by atoms with van der Waals surface area (Å²) >= 11 is 1.51. The van der Waals surface area contributed by atoms with Gasteiger partial charge >= 0.3 is 0 Å². The van der Waals surface area contributed by atoms with Crippen LogP contribution in [0.25, 0.3) is 0 Å². The van der Waals surface area contributed by atoms with E-state index < -0.39 is 0 Å². The monoisotopic (exact) mass is 356 g/mol. The highest BCUT2D eigenvalue weighted by Crippen LogP contribution is 2.34. The molecule has 1 aliphatic rings. The van der Waals surface area contributed by atoms with Gasteiger partial charge in [-0.3, -0.25) is 9.59 Å². The average Bonchev–Trinajstić information content (AvgIpc) is 2.64. The minimum absolute atomic E-state index is 0.0361. The van der Waals surface area contributed by atoms with Crippen LogP contribution >= 0.6 is 11.8 Å². The summed E-state index contributed by atoms with van der Waals surface area (Å²) in [7, 11) is 1.73. The molecule has 2 aromatic carbocycles. The van der Waals surface area contributed by atoms with Crippen LogP contribution in [-0.4, -0.2) is 49.2 Å². The van der Waals surface area contributed by atoms with E-state index in [9.17, 15) is 9.59 Å². The van der Waals surface area contributed by atoms with E-state index in [1.165, 1.54) is 11.8 Å². The Balaban J connectivity index is 1.55. The van der Waals surface area contributed by atoms with Crippen molar-refractivity contribution in [1.82, 2.24) is 4.90 Å². The van der Waals surface area contributed by atoms with Gasteiger partial charge in [-0.2, -0.15) is 0 Å². The number of nitrogens with zero attached hydrogens (tertiary/aromatic N) is 2. The fraction of sp³-hybridized carbons (Fsp3) is 0.263. The van der Waals surface area contributed by atoms with Gasteiger partial charge in [0.05, 0.1) is 18.0 Å². The molecule has 0 fully saturated rings. The first kappa shape index (κ1) is 17.4. The molecule has 6 heteroatoms. The molecule has 1 aliphatic heterocycles. The number of hydrogen-bond donors (Lipinski definition) is 0. The molecule has 2 aromatic rings. The molecule has 0 atom stereocenters. The number of rotatable bonds is 6. The first-order valence-corrected chi connectivity index (χ1v) is 9.08. The normalized spacial score (nSPS) is 13.3. The van der Waals surface area contributed by atoms with Crippen molar-refractivity contribution in [2.75, 3.05) is 37.4 Å². The van der Waals surface area contributed by atoms with Gasteiger partial charge in [0.2, 0.25) is 11.8 Å². The first-order chi connectivity index (χ1) is 12.1. The van der Waals surface area contributed by atoms with Crippen molar-refractivity contribution < 1.29 is 14.3 Å². The molecule has 0 saturated carbocycles. The molecule has 2 amide bonds. The minimum atomic E-state index is -0.105. The lowest BCUT2D eigenvalue weighted by Crippen LogP contribution is -2.44. The van der Waals surface area contributed by atoms with Crippen molar-refractivity contribution in [1.29, 1.82) is 0 Å². The Hall–Kier alpha value is -2.47. The van der Waals surface area contributed by atoms with Crippen molar-refractivity contribution in [3.8, 4) is 5.75 Å². The van der Waals surface area contributed by atoms with Crippen LogP contribution in [0, 0.1) is 0 Å². The van der Waals surface area contributed by atoms with Crippen LogP contribution in [0.15, 0.2) is 59.5 Å². The number of carbonyl (C=O) groups excluding carboxylic acids is 2. The van der Waals surface area contributed by atoms with Crippen molar-refractivity contribution >= 4 is 29.3 Å². The van der Waals surface area contributed by atoms with Crippen molar-refractivity contribution in [2.45, 2.75) is 4.90 Å². The highest BCUT2D eigenvalue weighted by atomic mass is 32.2. The van der Waals surface area contributed by atoms with Gasteiger partial charge in [-0.25, -0.2) is 0 Å². The molecular weight excluding hydrogens is 336 g/mol. The van der Waals surface area contributed by atoms with Gasteiger partial charge < -0.3 is 14.5 Å². The molecule has 0 spiro atoms. The summed E-state index contributed by atoms with van der Waals surface area (Å²) in [6, 6.07) is 17.2. The SMILES string of the molecule is CN(CCOc1ccccc1)C(=O)CN1C(=O)CSc2ccccc21. The van der Waals surface area contributed by atoms with Crippen LogP contribution in [0.2, 0.25) is 0 Å². The number of anilines is 1. The predicted molar refractivity (Wildman–Crippen MR) is 99.1 cm³/mol. The van der Waals surface area contributed by atoms with E-state index in [-0.39, 0.29) is 18.4 Å². The zero-order valence-electron chi connectivity index (χ0n) is 14.1. The maximum absolute atomic E-state index is 12.5. The Bertz CT molecular complexity index is 751. The number of thioether (sulfide) groups is 1. The summed E-state index contributed by atoms with van der Waals surface area (Å²) < 4.78 is 5.62. The van der Waals surface area contributed by atoms with Crippen molar-refractivity contribution in [3.63, 3.8) is 0 Å². The Kier molecular flexibility index (Phi) is 5.60. The summed E-state index contributed by atoms with van der Waals surface area (Å²) in [4.78, 5) is 28.9. The van der Waals surface area contributed by atoms with Gasteiger partial charge in [0.1, 0.15) is 18.9 Å². The van der Waals surface area contributed by atoms with Crippen LogP contribution in [0.4, 0.5) is 5.69 Å². The van der Waals surface area contributed by atoms with Gasteiger partial charge in [0, 0.05) is 11.9 Å². The molecule has 0 aromatic heterocycles. The number of amides is 2. The average molecular weight is 356 g/mol. The number of fused-ring (bicyclic) bond motifs is 1. The van der Waals surface area contributed by atoms with Crippen LogP contribution in [-0.2, 0) is 9.59 Å². The molecule has 0 bridgehead atoms. The third-order valence-corrected chi connectivity index (χ3v) is 5.01. The lowest BCUT2D eigenvalue weighted by Gasteiger charge is -2.30. The minimum Gasteiger partial charge on any atom is -0.492 e. The zero-order chi connectivity index (χ0) is 17.6. The van der Waals surface area contributed by atoms with Crippen LogP contribution in [0.5, 0.6) is 5.75 Å². The van der Waals surface area contributed by atoms with Crippen molar-refractivity contribution in [3.05, 3.63) is 54.6 Å². The predicted octanol–water partition coefficient (Wildman–Crippen LogP) is 2.66. The molecule has 130 valence electrons. The molecule has 0 aliphatic carbocycles. The van der Waals surface area contributed by atoms with E-state index in [0.717, 1.165) is 16.3 Å². The zero-order valence-corrected chi connectivity index (χ0v) is 14.9.